The molecular weight excluding hydrogens is 259 g/mol. The topological polar surface area (TPSA) is 72.2 Å². The molecule has 1 N–H and O–H groups in total. The third-order valence-corrected chi connectivity index (χ3v) is 3.66. The zero-order valence-corrected chi connectivity index (χ0v) is 10.6. The number of hydrogen-bond donors (Lipinski definition) is 1. The zero-order chi connectivity index (χ0) is 13.5. The number of aromatic nitrogens is 2. The second-order valence-corrected chi connectivity index (χ2v) is 5.22. The molecule has 0 unspecified atom stereocenters. The third kappa shape index (κ3) is 2.14. The van der Waals surface area contributed by atoms with Crippen molar-refractivity contribution in [3.8, 4) is 5.69 Å². The molecule has 0 aliphatic rings. The molecule has 7 heteroatoms. The molecule has 0 fully saturated rings. The van der Waals surface area contributed by atoms with Crippen molar-refractivity contribution in [2.45, 2.75) is 18.7 Å². The Labute approximate surface area is 104 Å². The number of hydrogen-bond acceptors (Lipinski definition) is 3. The van der Waals surface area contributed by atoms with Crippen LogP contribution in [0.25, 0.3) is 5.69 Å². The normalized spacial score (nSPS) is 11.8. The van der Waals surface area contributed by atoms with Crippen LogP contribution in [0.4, 0.5) is 4.39 Å². The van der Waals surface area contributed by atoms with E-state index in [4.69, 9.17) is 4.55 Å². The van der Waals surface area contributed by atoms with E-state index in [0.29, 0.717) is 5.69 Å². The number of aryl methyl sites for hydroxylation is 1. The van der Waals surface area contributed by atoms with Gasteiger partial charge in [0.1, 0.15) is 10.7 Å². The van der Waals surface area contributed by atoms with Gasteiger partial charge in [0.15, 0.2) is 0 Å². The average molecular weight is 270 g/mol. The molecule has 0 aliphatic carbocycles. The van der Waals surface area contributed by atoms with Crippen molar-refractivity contribution in [2.24, 2.45) is 0 Å². The van der Waals surface area contributed by atoms with Crippen molar-refractivity contribution in [3.63, 3.8) is 0 Å². The highest BCUT2D eigenvalue weighted by Crippen LogP contribution is 2.22. The molecule has 0 saturated carbocycles. The standard InChI is InChI=1S/C11H11FN2O3S/c1-7-11(18(15,16)17)8(2)14(13-7)10-5-3-9(12)4-6-10/h3-6H,1-2H3,(H,15,16,17). The Bertz CT molecular complexity index is 690. The summed E-state index contributed by atoms with van der Waals surface area (Å²) in [5.74, 6) is -0.393. The number of benzene rings is 1. The van der Waals surface area contributed by atoms with Gasteiger partial charge in [-0.3, -0.25) is 4.55 Å². The van der Waals surface area contributed by atoms with Gasteiger partial charge < -0.3 is 0 Å². The minimum Gasteiger partial charge on any atom is -0.282 e. The molecule has 0 amide bonds. The highest BCUT2D eigenvalue weighted by Gasteiger charge is 2.22. The summed E-state index contributed by atoms with van der Waals surface area (Å²) in [6.07, 6.45) is 0. The van der Waals surface area contributed by atoms with E-state index in [1.165, 1.54) is 42.8 Å². The molecule has 2 rings (SSSR count). The Kier molecular flexibility index (Phi) is 2.95. The van der Waals surface area contributed by atoms with Crippen LogP contribution >= 0.6 is 0 Å². The first-order valence-electron chi connectivity index (χ1n) is 5.10. The van der Waals surface area contributed by atoms with Gasteiger partial charge in [-0.1, -0.05) is 0 Å². The lowest BCUT2D eigenvalue weighted by molar-refractivity contribution is 0.482. The van der Waals surface area contributed by atoms with Crippen LogP contribution in [0.3, 0.4) is 0 Å². The summed E-state index contributed by atoms with van der Waals surface area (Å²) >= 11 is 0. The van der Waals surface area contributed by atoms with Gasteiger partial charge in [-0.25, -0.2) is 9.07 Å². The van der Waals surface area contributed by atoms with Crippen LogP contribution in [0.1, 0.15) is 11.4 Å². The molecule has 0 radical (unpaired) electrons. The van der Waals surface area contributed by atoms with E-state index in [9.17, 15) is 12.8 Å². The number of halogens is 1. The quantitative estimate of drug-likeness (QED) is 0.846. The Hall–Kier alpha value is -1.73. The molecule has 2 aromatic rings. The maximum Gasteiger partial charge on any atom is 0.298 e. The lowest BCUT2D eigenvalue weighted by Gasteiger charge is -2.04. The molecule has 0 aliphatic heterocycles. The first-order valence-corrected chi connectivity index (χ1v) is 6.54. The summed E-state index contributed by atoms with van der Waals surface area (Å²) in [4.78, 5) is -0.216. The molecule has 0 spiro atoms. The van der Waals surface area contributed by atoms with E-state index >= 15 is 0 Å². The van der Waals surface area contributed by atoms with E-state index in [1.807, 2.05) is 0 Å². The van der Waals surface area contributed by atoms with Gasteiger partial charge in [0, 0.05) is 0 Å². The largest absolute Gasteiger partial charge is 0.298 e. The fourth-order valence-electron chi connectivity index (χ4n) is 1.84. The molecule has 18 heavy (non-hydrogen) atoms. The third-order valence-electron chi connectivity index (χ3n) is 2.55. The van der Waals surface area contributed by atoms with Crippen molar-refractivity contribution < 1.29 is 17.4 Å². The summed E-state index contributed by atoms with van der Waals surface area (Å²) in [7, 11) is -4.32. The van der Waals surface area contributed by atoms with Crippen LogP contribution in [0.15, 0.2) is 29.2 Å². The van der Waals surface area contributed by atoms with Gasteiger partial charge in [-0.2, -0.15) is 13.5 Å². The summed E-state index contributed by atoms with van der Waals surface area (Å²) in [5, 5.41) is 4.03. The molecule has 96 valence electrons. The van der Waals surface area contributed by atoms with Crippen LogP contribution < -0.4 is 0 Å². The first kappa shape index (κ1) is 12.7. The van der Waals surface area contributed by atoms with Gasteiger partial charge in [0.2, 0.25) is 0 Å². The Balaban J connectivity index is 2.65. The van der Waals surface area contributed by atoms with Crippen LogP contribution in [-0.4, -0.2) is 22.8 Å². The molecular formula is C11H11FN2O3S. The second kappa shape index (κ2) is 4.18. The lowest BCUT2D eigenvalue weighted by atomic mass is 10.3. The van der Waals surface area contributed by atoms with E-state index in [2.05, 4.69) is 5.10 Å². The van der Waals surface area contributed by atoms with E-state index in [1.54, 1.807) is 0 Å². The predicted molar refractivity (Wildman–Crippen MR) is 62.8 cm³/mol. The molecule has 5 nitrogen and oxygen atoms in total. The van der Waals surface area contributed by atoms with Gasteiger partial charge >= 0.3 is 0 Å². The van der Waals surface area contributed by atoms with E-state index in [-0.39, 0.29) is 16.3 Å². The van der Waals surface area contributed by atoms with Crippen molar-refractivity contribution in [2.75, 3.05) is 0 Å². The summed E-state index contributed by atoms with van der Waals surface area (Å²) in [6, 6.07) is 5.45. The highest BCUT2D eigenvalue weighted by molar-refractivity contribution is 7.86. The maximum absolute atomic E-state index is 12.8. The minimum absolute atomic E-state index is 0.194. The Morgan fingerprint density at radius 2 is 1.78 bits per heavy atom. The minimum atomic E-state index is -4.32. The fraction of sp³-hybridized carbons (Fsp3) is 0.182. The lowest BCUT2D eigenvalue weighted by Crippen LogP contribution is -2.03. The predicted octanol–water partition coefficient (Wildman–Crippen LogP) is 1.87. The summed E-state index contributed by atoms with van der Waals surface area (Å²) in [6.45, 7) is 3.00. The molecule has 0 atom stereocenters. The SMILES string of the molecule is Cc1nn(-c2ccc(F)cc2)c(C)c1S(=O)(=O)O. The second-order valence-electron chi connectivity index (χ2n) is 3.86. The summed E-state index contributed by atoms with van der Waals surface area (Å²) < 4.78 is 45.7. The number of rotatable bonds is 2. The maximum atomic E-state index is 12.8. The monoisotopic (exact) mass is 270 g/mol. The Morgan fingerprint density at radius 1 is 1.22 bits per heavy atom. The average Bonchev–Trinajstić information content (AvgIpc) is 2.54. The van der Waals surface area contributed by atoms with Crippen molar-refractivity contribution in [3.05, 3.63) is 41.5 Å². The number of nitrogens with zero attached hydrogens (tertiary/aromatic N) is 2. The zero-order valence-electron chi connectivity index (χ0n) is 9.75. The van der Waals surface area contributed by atoms with Gasteiger partial charge in [-0.15, -0.1) is 0 Å². The van der Waals surface area contributed by atoms with E-state index in [0.717, 1.165) is 0 Å². The molecule has 0 bridgehead atoms. The van der Waals surface area contributed by atoms with Crippen LogP contribution in [0, 0.1) is 19.7 Å². The molecule has 1 heterocycles. The van der Waals surface area contributed by atoms with Crippen molar-refractivity contribution in [1.29, 1.82) is 0 Å². The first-order chi connectivity index (χ1) is 8.30. The van der Waals surface area contributed by atoms with Gasteiger partial charge in [0.05, 0.1) is 17.1 Å². The highest BCUT2D eigenvalue weighted by atomic mass is 32.2. The van der Waals surface area contributed by atoms with Crippen LogP contribution in [0.2, 0.25) is 0 Å². The molecule has 0 saturated heterocycles. The van der Waals surface area contributed by atoms with Crippen LogP contribution in [0.5, 0.6) is 0 Å². The van der Waals surface area contributed by atoms with Crippen LogP contribution in [-0.2, 0) is 10.1 Å². The molecule has 1 aromatic heterocycles. The smallest absolute Gasteiger partial charge is 0.282 e. The fourth-order valence-corrected chi connectivity index (χ4v) is 2.71. The van der Waals surface area contributed by atoms with Crippen molar-refractivity contribution >= 4 is 10.1 Å². The molecule has 1 aromatic carbocycles. The van der Waals surface area contributed by atoms with Gasteiger partial charge in [0.25, 0.3) is 10.1 Å². The van der Waals surface area contributed by atoms with Crippen molar-refractivity contribution in [1.82, 2.24) is 9.78 Å². The Morgan fingerprint density at radius 3 is 2.22 bits per heavy atom. The van der Waals surface area contributed by atoms with Gasteiger partial charge in [-0.05, 0) is 38.1 Å². The van der Waals surface area contributed by atoms with E-state index < -0.39 is 15.9 Å². The summed E-state index contributed by atoms with van der Waals surface area (Å²) in [5.41, 5.74) is 0.993.